The number of hydrogen-bond acceptors (Lipinski definition) is 12. The van der Waals surface area contributed by atoms with Crippen molar-refractivity contribution >= 4 is 40.7 Å². The molecule has 0 radical (unpaired) electrons. The number of aromatic nitrogens is 1. The average Bonchev–Trinajstić information content (AvgIpc) is 3.31. The fraction of sp³-hybridized carbons (Fsp3) is 0.100. The molecule has 3 aromatic rings. The number of rotatable bonds is 5. The van der Waals surface area contributed by atoms with Crippen LogP contribution < -0.4 is 22.1 Å². The summed E-state index contributed by atoms with van der Waals surface area (Å²) in [5.41, 5.74) is 12.8. The molecular weight excluding hydrogens is 446 g/mol. The Morgan fingerprint density at radius 1 is 1.33 bits per heavy atom. The third-order valence-electron chi connectivity index (χ3n) is 4.81. The summed E-state index contributed by atoms with van der Waals surface area (Å²) in [5, 5.41) is 35.3. The number of nitro groups is 1. The van der Waals surface area contributed by atoms with Gasteiger partial charge in [-0.25, -0.2) is 9.98 Å². The van der Waals surface area contributed by atoms with Crippen LogP contribution >= 0.6 is 11.8 Å². The van der Waals surface area contributed by atoms with E-state index in [9.17, 15) is 15.4 Å². The molecule has 13 heteroatoms. The summed E-state index contributed by atoms with van der Waals surface area (Å²) < 4.78 is 5.38. The number of pyridine rings is 1. The van der Waals surface area contributed by atoms with E-state index in [1.54, 1.807) is 24.6 Å². The number of thioether (sulfide) groups is 1. The minimum Gasteiger partial charge on any atom is -0.468 e. The molecule has 1 atom stereocenters. The van der Waals surface area contributed by atoms with Crippen LogP contribution in [-0.4, -0.2) is 15.9 Å². The molecule has 0 amide bonds. The molecular formula is C20H15N9O3S. The minimum atomic E-state index is -0.906. The highest BCUT2D eigenvalue weighted by Crippen LogP contribution is 2.44. The Balaban J connectivity index is 1.90. The molecule has 4 rings (SSSR count). The zero-order valence-electron chi connectivity index (χ0n) is 16.8. The Bertz CT molecular complexity index is 1360. The molecule has 0 aliphatic carbocycles. The van der Waals surface area contributed by atoms with Gasteiger partial charge in [-0.15, -0.1) is 11.8 Å². The number of nitro benzene ring substituents is 1. The molecule has 1 aliphatic heterocycles. The number of non-ortho nitro benzene ring substituents is 1. The lowest BCUT2D eigenvalue weighted by atomic mass is 9.94. The van der Waals surface area contributed by atoms with Gasteiger partial charge in [-0.1, -0.05) is 0 Å². The van der Waals surface area contributed by atoms with E-state index < -0.39 is 11.0 Å². The number of nitriles is 2. The van der Waals surface area contributed by atoms with Gasteiger partial charge < -0.3 is 21.2 Å². The second kappa shape index (κ2) is 8.78. The number of hydrogen-bond donors (Lipinski definition) is 4. The summed E-state index contributed by atoms with van der Waals surface area (Å²) in [4.78, 5) is 20.4. The molecule has 0 saturated carbocycles. The molecule has 33 heavy (non-hydrogen) atoms. The normalized spacial score (nSPS) is 14.2. The smallest absolute Gasteiger partial charge is 0.269 e. The number of nitrogens with two attached hydrogens (primary N) is 2. The second-order valence-electron chi connectivity index (χ2n) is 6.75. The highest BCUT2D eigenvalue weighted by atomic mass is 32.2. The Morgan fingerprint density at radius 2 is 2.15 bits per heavy atom. The predicted molar refractivity (Wildman–Crippen MR) is 121 cm³/mol. The molecule has 164 valence electrons. The maximum atomic E-state index is 11.5. The van der Waals surface area contributed by atoms with Gasteiger partial charge in [0.25, 0.3) is 5.69 Å². The predicted octanol–water partition coefficient (Wildman–Crippen LogP) is 2.85. The first-order valence-electron chi connectivity index (χ1n) is 9.35. The number of furan rings is 1. The fourth-order valence-electron chi connectivity index (χ4n) is 3.34. The van der Waals surface area contributed by atoms with Crippen LogP contribution in [0.5, 0.6) is 0 Å². The largest absolute Gasteiger partial charge is 0.468 e. The number of benzene rings is 1. The van der Waals surface area contributed by atoms with Gasteiger partial charge in [0.1, 0.15) is 35.1 Å². The van der Waals surface area contributed by atoms with Crippen LogP contribution in [0.25, 0.3) is 0 Å². The fourth-order valence-corrected chi connectivity index (χ4v) is 4.31. The van der Waals surface area contributed by atoms with Crippen molar-refractivity contribution in [3.8, 4) is 12.3 Å². The summed E-state index contributed by atoms with van der Waals surface area (Å²) in [6, 6.07) is 8.99. The van der Waals surface area contributed by atoms with Crippen LogP contribution in [0, 0.1) is 32.9 Å². The van der Waals surface area contributed by atoms with Crippen LogP contribution in [0.1, 0.15) is 28.5 Å². The number of nitrogen functional groups attached to an aromatic ring is 2. The van der Waals surface area contributed by atoms with Crippen LogP contribution in [-0.2, 0) is 5.75 Å². The first-order valence-corrected chi connectivity index (χ1v) is 10.3. The van der Waals surface area contributed by atoms with Crippen molar-refractivity contribution in [1.82, 2.24) is 10.3 Å². The van der Waals surface area contributed by atoms with Crippen molar-refractivity contribution in [1.29, 1.82) is 10.5 Å². The Morgan fingerprint density at radius 3 is 2.82 bits per heavy atom. The highest BCUT2D eigenvalue weighted by Gasteiger charge is 2.32. The molecule has 1 aromatic carbocycles. The van der Waals surface area contributed by atoms with Gasteiger partial charge in [-0.05, 0) is 18.2 Å². The lowest BCUT2D eigenvalue weighted by Gasteiger charge is -2.27. The van der Waals surface area contributed by atoms with Gasteiger partial charge in [0.15, 0.2) is 6.19 Å². The molecule has 0 fully saturated rings. The third-order valence-corrected chi connectivity index (χ3v) is 5.92. The molecule has 0 bridgehead atoms. The standard InChI is InChI=1S/C20H15N9O3S/c21-7-13-16(23)15-17(26-20(25-9-22)28-19(15)27-18(13)24)12-6-10(29(30)31)3-4-14(12)33-8-11-2-1-5-32-11/h1-6,17H,8H2,(H6,23,24,25,26,27,28). The van der Waals surface area contributed by atoms with Crippen LogP contribution in [0.4, 0.5) is 23.0 Å². The first-order chi connectivity index (χ1) is 15.9. The van der Waals surface area contributed by atoms with E-state index in [0.717, 1.165) is 0 Å². The summed E-state index contributed by atoms with van der Waals surface area (Å²) in [6.07, 6.45) is 3.32. The number of aliphatic imine (C=N–C) groups is 1. The summed E-state index contributed by atoms with van der Waals surface area (Å²) in [7, 11) is 0. The van der Waals surface area contributed by atoms with E-state index in [2.05, 4.69) is 20.6 Å². The molecule has 0 spiro atoms. The molecule has 2 aromatic heterocycles. The van der Waals surface area contributed by atoms with Crippen molar-refractivity contribution in [2.45, 2.75) is 16.7 Å². The van der Waals surface area contributed by atoms with E-state index in [-0.39, 0.29) is 34.5 Å². The molecule has 1 unspecified atom stereocenters. The quantitative estimate of drug-likeness (QED) is 0.143. The molecule has 0 saturated heterocycles. The van der Waals surface area contributed by atoms with E-state index in [0.29, 0.717) is 27.5 Å². The second-order valence-corrected chi connectivity index (χ2v) is 7.77. The van der Waals surface area contributed by atoms with Crippen molar-refractivity contribution in [2.24, 2.45) is 4.99 Å². The van der Waals surface area contributed by atoms with Crippen molar-refractivity contribution in [3.63, 3.8) is 0 Å². The molecule has 3 heterocycles. The molecule has 1 aliphatic rings. The van der Waals surface area contributed by atoms with E-state index in [4.69, 9.17) is 21.1 Å². The lowest BCUT2D eigenvalue weighted by Crippen LogP contribution is -2.33. The van der Waals surface area contributed by atoms with Gasteiger partial charge in [0.2, 0.25) is 5.96 Å². The Kier molecular flexibility index (Phi) is 5.71. The van der Waals surface area contributed by atoms with E-state index in [1.807, 2.05) is 12.1 Å². The van der Waals surface area contributed by atoms with Crippen molar-refractivity contribution in [2.75, 3.05) is 16.8 Å². The lowest BCUT2D eigenvalue weighted by molar-refractivity contribution is -0.385. The number of fused-ring (bicyclic) bond motifs is 1. The maximum Gasteiger partial charge on any atom is 0.269 e. The zero-order chi connectivity index (χ0) is 23.5. The molecule has 6 N–H and O–H groups in total. The van der Waals surface area contributed by atoms with Gasteiger partial charge in [0.05, 0.1) is 22.6 Å². The third kappa shape index (κ3) is 4.08. The first kappa shape index (κ1) is 21.5. The van der Waals surface area contributed by atoms with Crippen molar-refractivity contribution < 1.29 is 9.34 Å². The number of nitrogens with zero attached hydrogens (tertiary/aromatic N) is 5. The zero-order valence-corrected chi connectivity index (χ0v) is 17.6. The number of nitrogens with one attached hydrogen (secondary N) is 2. The number of anilines is 3. The van der Waals surface area contributed by atoms with Gasteiger partial charge in [-0.2, -0.15) is 10.5 Å². The average molecular weight is 461 g/mol. The van der Waals surface area contributed by atoms with Crippen LogP contribution in [0.2, 0.25) is 0 Å². The summed E-state index contributed by atoms with van der Waals surface area (Å²) >= 11 is 1.38. The van der Waals surface area contributed by atoms with Crippen molar-refractivity contribution in [3.05, 3.63) is 69.2 Å². The van der Waals surface area contributed by atoms with Gasteiger partial charge in [0, 0.05) is 28.2 Å². The van der Waals surface area contributed by atoms with Crippen LogP contribution in [0.15, 0.2) is 50.9 Å². The number of guanidine groups is 1. The highest BCUT2D eigenvalue weighted by molar-refractivity contribution is 7.98. The maximum absolute atomic E-state index is 11.5. The van der Waals surface area contributed by atoms with E-state index in [1.165, 1.54) is 23.9 Å². The van der Waals surface area contributed by atoms with Gasteiger partial charge in [-0.3, -0.25) is 15.4 Å². The monoisotopic (exact) mass is 461 g/mol. The summed E-state index contributed by atoms with van der Waals surface area (Å²) in [5.74, 6) is 1.33. The van der Waals surface area contributed by atoms with E-state index >= 15 is 0 Å². The summed E-state index contributed by atoms with van der Waals surface area (Å²) in [6.45, 7) is 0. The SMILES string of the molecule is N#CNC1=NC(c2cc([N+](=O)[O-])ccc2SCc2ccco2)c2c(nc(N)c(C#N)c2N)N1. The van der Waals surface area contributed by atoms with Gasteiger partial charge >= 0.3 is 0 Å². The minimum absolute atomic E-state index is 0.0253. The topological polar surface area (TPSA) is 205 Å². The van der Waals surface area contributed by atoms with Crippen LogP contribution in [0.3, 0.4) is 0 Å². The Labute approximate surface area is 191 Å². The Hall–Kier alpha value is -4.75. The molecule has 12 nitrogen and oxygen atoms in total.